The van der Waals surface area contributed by atoms with Gasteiger partial charge in [0.1, 0.15) is 12.1 Å². The fourth-order valence-corrected chi connectivity index (χ4v) is 8.08. The van der Waals surface area contributed by atoms with Gasteiger partial charge in [-0.25, -0.2) is 9.97 Å². The van der Waals surface area contributed by atoms with E-state index >= 15 is 0 Å². The lowest BCUT2D eigenvalue weighted by atomic mass is 9.49. The van der Waals surface area contributed by atoms with Gasteiger partial charge in [-0.3, -0.25) is 9.69 Å². The zero-order chi connectivity index (χ0) is 22.9. The van der Waals surface area contributed by atoms with E-state index in [4.69, 9.17) is 0 Å². The van der Waals surface area contributed by atoms with Gasteiger partial charge >= 0.3 is 0 Å². The number of hydrogen-bond donors (Lipinski definition) is 2. The molecule has 4 fully saturated rings. The van der Waals surface area contributed by atoms with Crippen LogP contribution in [0, 0.1) is 23.2 Å². The number of hydrogen-bond acceptors (Lipinski definition) is 4. The van der Waals surface area contributed by atoms with Crippen LogP contribution in [0.4, 0.5) is 5.82 Å². The predicted octanol–water partition coefficient (Wildman–Crippen LogP) is 5.23. The Morgan fingerprint density at radius 1 is 1.12 bits per heavy atom. The topological polar surface area (TPSA) is 73.9 Å². The van der Waals surface area contributed by atoms with Gasteiger partial charge in [0, 0.05) is 41.8 Å². The van der Waals surface area contributed by atoms with Crippen LogP contribution in [0.5, 0.6) is 0 Å². The zero-order valence-corrected chi connectivity index (χ0v) is 19.9. The number of carbonyl (C=O) groups is 1. The first kappa shape index (κ1) is 20.6. The van der Waals surface area contributed by atoms with Crippen LogP contribution in [0.15, 0.2) is 36.8 Å². The van der Waals surface area contributed by atoms with E-state index in [1.165, 1.54) is 35.7 Å². The molecule has 2 N–H and O–H groups in total. The predicted molar refractivity (Wildman–Crippen MR) is 132 cm³/mol. The van der Waals surface area contributed by atoms with Crippen molar-refractivity contribution in [2.24, 2.45) is 23.2 Å². The molecule has 1 amide bonds. The number of amides is 1. The molecule has 3 aromatic rings. The zero-order valence-electron chi connectivity index (χ0n) is 19.9. The van der Waals surface area contributed by atoms with Crippen LogP contribution >= 0.6 is 0 Å². The van der Waals surface area contributed by atoms with Crippen LogP contribution in [0.2, 0.25) is 0 Å². The molecule has 3 heterocycles. The van der Waals surface area contributed by atoms with Crippen LogP contribution in [-0.4, -0.2) is 32.3 Å². The summed E-state index contributed by atoms with van der Waals surface area (Å²) >= 11 is 0. The van der Waals surface area contributed by atoms with Gasteiger partial charge in [-0.2, -0.15) is 0 Å². The molecule has 1 aromatic carbocycles. The van der Waals surface area contributed by atoms with Gasteiger partial charge in [0.15, 0.2) is 0 Å². The Morgan fingerprint density at radius 2 is 1.85 bits per heavy atom. The van der Waals surface area contributed by atoms with Gasteiger partial charge in [0.2, 0.25) is 5.91 Å². The molecular formula is C28H33N5O. The molecule has 1 aliphatic heterocycles. The van der Waals surface area contributed by atoms with E-state index in [1.54, 1.807) is 6.33 Å². The van der Waals surface area contributed by atoms with Gasteiger partial charge in [-0.05, 0) is 81.3 Å². The number of nitrogens with one attached hydrogen (secondary N) is 2. The average molecular weight is 456 g/mol. The highest BCUT2D eigenvalue weighted by Gasteiger charge is 2.54. The van der Waals surface area contributed by atoms with Crippen LogP contribution in [0.25, 0.3) is 10.9 Å². The molecule has 5 aliphatic rings. The molecule has 0 saturated heterocycles. The number of carbonyl (C=O) groups excluding carboxylic acids is 1. The van der Waals surface area contributed by atoms with Crippen molar-refractivity contribution in [3.8, 4) is 0 Å². The number of nitrogens with zero attached hydrogens (tertiary/aromatic N) is 3. The first-order valence-corrected chi connectivity index (χ1v) is 13.0. The standard InChI is InChI=1S/C28H33N5O/c1-17(23-14-29-24-5-3-2-4-21(23)24)33-7-6-22-25(15-33)30-16-31-26(22)32-27(34)28-11-18-8-19(12-28)10-20(9-18)13-28/h2-5,14,16-20,29H,6-13,15H2,1H3,(H,30,31,32,34). The van der Waals surface area contributed by atoms with E-state index in [0.717, 1.165) is 73.6 Å². The number of anilines is 1. The summed E-state index contributed by atoms with van der Waals surface area (Å²) in [5.74, 6) is 3.26. The molecule has 6 heteroatoms. The Kier molecular flexibility index (Phi) is 4.63. The molecule has 8 rings (SSSR count). The maximum absolute atomic E-state index is 13.6. The lowest BCUT2D eigenvalue weighted by Crippen LogP contribution is -2.52. The average Bonchev–Trinajstić information content (AvgIpc) is 3.27. The van der Waals surface area contributed by atoms with Crippen molar-refractivity contribution in [2.45, 2.75) is 64.5 Å². The third-order valence-corrected chi connectivity index (χ3v) is 9.41. The van der Waals surface area contributed by atoms with Crippen molar-refractivity contribution < 1.29 is 4.79 Å². The minimum atomic E-state index is -0.156. The largest absolute Gasteiger partial charge is 0.361 e. The second-order valence-electron chi connectivity index (χ2n) is 11.5. The lowest BCUT2D eigenvalue weighted by molar-refractivity contribution is -0.140. The molecule has 4 aliphatic carbocycles. The number of aromatic nitrogens is 3. The molecule has 176 valence electrons. The summed E-state index contributed by atoms with van der Waals surface area (Å²) in [4.78, 5) is 28.7. The Bertz CT molecular complexity index is 1230. The van der Waals surface area contributed by atoms with Gasteiger partial charge in [-0.1, -0.05) is 18.2 Å². The summed E-state index contributed by atoms with van der Waals surface area (Å²) in [5.41, 5.74) is 4.52. The number of rotatable bonds is 4. The summed E-state index contributed by atoms with van der Waals surface area (Å²) in [6.07, 6.45) is 11.9. The number of para-hydroxylation sites is 1. The number of benzene rings is 1. The second kappa shape index (κ2) is 7.64. The maximum atomic E-state index is 13.6. The van der Waals surface area contributed by atoms with E-state index in [-0.39, 0.29) is 17.4 Å². The Morgan fingerprint density at radius 3 is 2.62 bits per heavy atom. The SMILES string of the molecule is CC(c1c[nH]c2ccccc12)N1CCc2c(ncnc2NC(=O)C23CC4CC(CC(C4)C2)C3)C1. The molecule has 1 unspecified atom stereocenters. The molecular weight excluding hydrogens is 422 g/mol. The molecule has 6 nitrogen and oxygen atoms in total. The quantitative estimate of drug-likeness (QED) is 0.565. The number of aromatic amines is 1. The van der Waals surface area contributed by atoms with E-state index < -0.39 is 0 Å². The van der Waals surface area contributed by atoms with Crippen LogP contribution < -0.4 is 5.32 Å². The third kappa shape index (κ3) is 3.22. The maximum Gasteiger partial charge on any atom is 0.231 e. The first-order chi connectivity index (χ1) is 16.6. The van der Waals surface area contributed by atoms with Crippen molar-refractivity contribution in [3.63, 3.8) is 0 Å². The third-order valence-electron chi connectivity index (χ3n) is 9.41. The molecule has 1 atom stereocenters. The first-order valence-electron chi connectivity index (χ1n) is 13.0. The van der Waals surface area contributed by atoms with Crippen molar-refractivity contribution >= 4 is 22.6 Å². The highest BCUT2D eigenvalue weighted by molar-refractivity contribution is 5.95. The molecule has 0 radical (unpaired) electrons. The number of fused-ring (bicyclic) bond motifs is 2. The fourth-order valence-electron chi connectivity index (χ4n) is 8.08. The smallest absolute Gasteiger partial charge is 0.231 e. The monoisotopic (exact) mass is 455 g/mol. The van der Waals surface area contributed by atoms with E-state index in [1.807, 2.05) is 0 Å². The van der Waals surface area contributed by atoms with Crippen molar-refractivity contribution in [3.05, 3.63) is 53.6 Å². The van der Waals surface area contributed by atoms with E-state index in [9.17, 15) is 4.79 Å². The lowest BCUT2D eigenvalue weighted by Gasteiger charge is -2.55. The fraction of sp³-hybridized carbons (Fsp3) is 0.536. The summed E-state index contributed by atoms with van der Waals surface area (Å²) in [6, 6.07) is 8.77. The molecule has 34 heavy (non-hydrogen) atoms. The normalized spacial score (nSPS) is 30.9. The van der Waals surface area contributed by atoms with Crippen LogP contribution in [0.1, 0.15) is 68.3 Å². The van der Waals surface area contributed by atoms with Crippen LogP contribution in [-0.2, 0) is 17.8 Å². The summed E-state index contributed by atoms with van der Waals surface area (Å²) in [6.45, 7) is 3.98. The van der Waals surface area contributed by atoms with Gasteiger partial charge < -0.3 is 10.3 Å². The van der Waals surface area contributed by atoms with Crippen LogP contribution in [0.3, 0.4) is 0 Å². The highest BCUT2D eigenvalue weighted by atomic mass is 16.2. The van der Waals surface area contributed by atoms with Gasteiger partial charge in [0.25, 0.3) is 0 Å². The molecule has 4 bridgehead atoms. The highest BCUT2D eigenvalue weighted by Crippen LogP contribution is 2.60. The Balaban J connectivity index is 1.11. The van der Waals surface area contributed by atoms with Crippen molar-refractivity contribution in [1.82, 2.24) is 19.9 Å². The van der Waals surface area contributed by atoms with Gasteiger partial charge in [-0.15, -0.1) is 0 Å². The van der Waals surface area contributed by atoms with Crippen molar-refractivity contribution in [1.29, 1.82) is 0 Å². The molecule has 0 spiro atoms. The van der Waals surface area contributed by atoms with Crippen molar-refractivity contribution in [2.75, 3.05) is 11.9 Å². The second-order valence-corrected chi connectivity index (χ2v) is 11.5. The summed E-state index contributed by atoms with van der Waals surface area (Å²) in [5, 5.41) is 4.59. The minimum absolute atomic E-state index is 0.156. The molecule has 2 aromatic heterocycles. The Labute approximate surface area is 200 Å². The number of H-pyrrole nitrogens is 1. The Hall–Kier alpha value is -2.73. The summed E-state index contributed by atoms with van der Waals surface area (Å²) < 4.78 is 0. The van der Waals surface area contributed by atoms with Gasteiger partial charge in [0.05, 0.1) is 11.1 Å². The molecule has 4 saturated carbocycles. The van der Waals surface area contributed by atoms with E-state index in [0.29, 0.717) is 0 Å². The minimum Gasteiger partial charge on any atom is -0.361 e. The van der Waals surface area contributed by atoms with E-state index in [2.05, 4.69) is 62.6 Å². The summed E-state index contributed by atoms with van der Waals surface area (Å²) in [7, 11) is 0.